The molecular formula is C13H9ClF2N2. The molecule has 0 heterocycles. The van der Waals surface area contributed by atoms with Crippen LogP contribution in [-0.4, -0.2) is 6.21 Å². The molecule has 0 saturated heterocycles. The van der Waals surface area contributed by atoms with E-state index in [4.69, 9.17) is 22.7 Å². The van der Waals surface area contributed by atoms with Crippen molar-refractivity contribution >= 4 is 23.5 Å². The molecule has 2 nitrogen and oxygen atoms in total. The molecule has 18 heavy (non-hydrogen) atoms. The summed E-state index contributed by atoms with van der Waals surface area (Å²) < 4.78 is 27.6. The van der Waals surface area contributed by atoms with Crippen molar-refractivity contribution in [3.8, 4) is 11.1 Å². The fraction of sp³-hybridized carbons (Fsp3) is 0. The number of hydrogen-bond acceptors (Lipinski definition) is 2. The van der Waals surface area contributed by atoms with E-state index < -0.39 is 11.6 Å². The van der Waals surface area contributed by atoms with Gasteiger partial charge in [0.05, 0.1) is 5.56 Å². The summed E-state index contributed by atoms with van der Waals surface area (Å²) >= 11 is 5.57. The highest BCUT2D eigenvalue weighted by atomic mass is 35.5. The number of rotatable bonds is 2. The number of anilines is 1. The van der Waals surface area contributed by atoms with Gasteiger partial charge in [-0.2, -0.15) is 0 Å². The molecular weight excluding hydrogens is 258 g/mol. The summed E-state index contributed by atoms with van der Waals surface area (Å²) in [6.07, 6.45) is 0.970. The van der Waals surface area contributed by atoms with Crippen molar-refractivity contribution in [1.29, 1.82) is 5.41 Å². The SMILES string of the molecule is N=Cc1c(N)cccc1-c1c(F)cc(Cl)cc1F. The van der Waals surface area contributed by atoms with Gasteiger partial charge in [0.1, 0.15) is 11.6 Å². The van der Waals surface area contributed by atoms with Gasteiger partial charge in [0.25, 0.3) is 0 Å². The topological polar surface area (TPSA) is 49.9 Å². The first-order chi connectivity index (χ1) is 8.54. The van der Waals surface area contributed by atoms with Crippen LogP contribution in [0.4, 0.5) is 14.5 Å². The second-order valence-corrected chi connectivity index (χ2v) is 4.13. The van der Waals surface area contributed by atoms with Gasteiger partial charge < -0.3 is 11.1 Å². The van der Waals surface area contributed by atoms with Gasteiger partial charge in [0.15, 0.2) is 0 Å². The third-order valence-electron chi connectivity index (χ3n) is 2.56. The number of benzene rings is 2. The van der Waals surface area contributed by atoms with Gasteiger partial charge in [0, 0.05) is 22.5 Å². The summed E-state index contributed by atoms with van der Waals surface area (Å²) in [5, 5.41) is 7.26. The van der Waals surface area contributed by atoms with Crippen LogP contribution >= 0.6 is 11.6 Å². The minimum absolute atomic E-state index is 0.0194. The minimum Gasteiger partial charge on any atom is -0.398 e. The highest BCUT2D eigenvalue weighted by Crippen LogP contribution is 2.32. The largest absolute Gasteiger partial charge is 0.398 e. The van der Waals surface area contributed by atoms with E-state index in [9.17, 15) is 8.78 Å². The first-order valence-corrected chi connectivity index (χ1v) is 5.46. The number of hydrogen-bond donors (Lipinski definition) is 2. The lowest BCUT2D eigenvalue weighted by Crippen LogP contribution is -1.99. The number of nitrogens with two attached hydrogens (primary N) is 1. The molecule has 0 saturated carbocycles. The lowest BCUT2D eigenvalue weighted by Gasteiger charge is -2.10. The highest BCUT2D eigenvalue weighted by Gasteiger charge is 2.16. The van der Waals surface area contributed by atoms with Gasteiger partial charge in [-0.3, -0.25) is 0 Å². The Morgan fingerprint density at radius 1 is 1.17 bits per heavy atom. The molecule has 2 aromatic carbocycles. The molecule has 0 radical (unpaired) electrons. The predicted molar refractivity (Wildman–Crippen MR) is 69.1 cm³/mol. The first-order valence-electron chi connectivity index (χ1n) is 5.08. The van der Waals surface area contributed by atoms with Crippen LogP contribution in [0.3, 0.4) is 0 Å². The van der Waals surface area contributed by atoms with Crippen LogP contribution in [0.1, 0.15) is 5.56 Å². The Labute approximate surface area is 108 Å². The van der Waals surface area contributed by atoms with Gasteiger partial charge in [-0.15, -0.1) is 0 Å². The summed E-state index contributed by atoms with van der Waals surface area (Å²) in [6, 6.07) is 6.70. The van der Waals surface area contributed by atoms with Crippen LogP contribution in [0.15, 0.2) is 30.3 Å². The zero-order valence-electron chi connectivity index (χ0n) is 9.18. The van der Waals surface area contributed by atoms with Gasteiger partial charge in [-0.25, -0.2) is 8.78 Å². The van der Waals surface area contributed by atoms with Crippen LogP contribution in [0, 0.1) is 17.0 Å². The van der Waals surface area contributed by atoms with Gasteiger partial charge in [-0.05, 0) is 23.8 Å². The van der Waals surface area contributed by atoms with E-state index in [1.807, 2.05) is 0 Å². The molecule has 0 bridgehead atoms. The molecule has 0 spiro atoms. The lowest BCUT2D eigenvalue weighted by molar-refractivity contribution is 0.590. The molecule has 0 aliphatic rings. The molecule has 0 fully saturated rings. The van der Waals surface area contributed by atoms with Crippen LogP contribution in [0.25, 0.3) is 11.1 Å². The molecule has 92 valence electrons. The maximum Gasteiger partial charge on any atom is 0.135 e. The van der Waals surface area contributed by atoms with E-state index in [0.29, 0.717) is 0 Å². The van der Waals surface area contributed by atoms with E-state index in [0.717, 1.165) is 18.3 Å². The van der Waals surface area contributed by atoms with Crippen LogP contribution in [0.5, 0.6) is 0 Å². The Morgan fingerprint density at radius 2 is 1.78 bits per heavy atom. The molecule has 0 amide bonds. The second kappa shape index (κ2) is 4.74. The standard InChI is InChI=1S/C13H9ClF2N2/c14-7-4-10(15)13(11(16)5-7)8-2-1-3-12(18)9(8)6-17/h1-6,17H,18H2. The number of halogens is 3. The average Bonchev–Trinajstić information content (AvgIpc) is 2.27. The number of nitrogens with one attached hydrogen (secondary N) is 1. The summed E-state index contributed by atoms with van der Waals surface area (Å²) in [4.78, 5) is 0. The average molecular weight is 267 g/mol. The smallest absolute Gasteiger partial charge is 0.135 e. The van der Waals surface area contributed by atoms with Crippen molar-refractivity contribution in [2.24, 2.45) is 0 Å². The number of nitrogen functional groups attached to an aromatic ring is 1. The van der Waals surface area contributed by atoms with Gasteiger partial charge in [0.2, 0.25) is 0 Å². The Morgan fingerprint density at radius 3 is 2.33 bits per heavy atom. The van der Waals surface area contributed by atoms with E-state index in [-0.39, 0.29) is 27.4 Å². The fourth-order valence-corrected chi connectivity index (χ4v) is 1.95. The zero-order valence-corrected chi connectivity index (χ0v) is 9.93. The van der Waals surface area contributed by atoms with Crippen LogP contribution in [0.2, 0.25) is 5.02 Å². The molecule has 0 aliphatic heterocycles. The molecule has 0 atom stereocenters. The Balaban J connectivity index is 2.77. The van der Waals surface area contributed by atoms with Crippen molar-refractivity contribution in [3.63, 3.8) is 0 Å². The van der Waals surface area contributed by atoms with Crippen LogP contribution in [-0.2, 0) is 0 Å². The van der Waals surface area contributed by atoms with E-state index in [1.54, 1.807) is 12.1 Å². The third kappa shape index (κ3) is 2.07. The minimum atomic E-state index is -0.784. The molecule has 2 aromatic rings. The Kier molecular flexibility index (Phi) is 3.30. The first kappa shape index (κ1) is 12.5. The third-order valence-corrected chi connectivity index (χ3v) is 2.78. The van der Waals surface area contributed by atoms with Crippen molar-refractivity contribution in [3.05, 3.63) is 52.6 Å². The molecule has 3 N–H and O–H groups in total. The van der Waals surface area contributed by atoms with Gasteiger partial charge in [-0.1, -0.05) is 23.7 Å². The summed E-state index contributed by atoms with van der Waals surface area (Å²) in [6.45, 7) is 0. The van der Waals surface area contributed by atoms with Crippen molar-refractivity contribution in [2.75, 3.05) is 5.73 Å². The van der Waals surface area contributed by atoms with Crippen molar-refractivity contribution in [1.82, 2.24) is 0 Å². The normalized spacial score (nSPS) is 10.4. The van der Waals surface area contributed by atoms with E-state index in [2.05, 4.69) is 0 Å². The lowest BCUT2D eigenvalue weighted by atomic mass is 9.98. The van der Waals surface area contributed by atoms with Gasteiger partial charge >= 0.3 is 0 Å². The maximum absolute atomic E-state index is 13.8. The van der Waals surface area contributed by atoms with E-state index >= 15 is 0 Å². The van der Waals surface area contributed by atoms with E-state index in [1.165, 1.54) is 6.07 Å². The quantitative estimate of drug-likeness (QED) is 0.629. The Bertz CT molecular complexity index is 603. The summed E-state index contributed by atoms with van der Waals surface area (Å²) in [5.74, 6) is -1.57. The van der Waals surface area contributed by atoms with Crippen molar-refractivity contribution in [2.45, 2.75) is 0 Å². The highest BCUT2D eigenvalue weighted by molar-refractivity contribution is 6.30. The second-order valence-electron chi connectivity index (χ2n) is 3.70. The monoisotopic (exact) mass is 266 g/mol. The molecule has 0 aliphatic carbocycles. The predicted octanol–water partition coefficient (Wildman–Crippen LogP) is 3.87. The molecule has 0 unspecified atom stereocenters. The molecule has 0 aromatic heterocycles. The van der Waals surface area contributed by atoms with Crippen molar-refractivity contribution < 1.29 is 8.78 Å². The maximum atomic E-state index is 13.8. The summed E-state index contributed by atoms with van der Waals surface area (Å²) in [5.41, 5.74) is 6.24. The van der Waals surface area contributed by atoms with Crippen LogP contribution < -0.4 is 5.73 Å². The molecule has 2 rings (SSSR count). The fourth-order valence-electron chi connectivity index (χ4n) is 1.76. The zero-order chi connectivity index (χ0) is 13.3. The Hall–Kier alpha value is -1.94. The summed E-state index contributed by atoms with van der Waals surface area (Å²) in [7, 11) is 0. The molecule has 5 heteroatoms.